The van der Waals surface area contributed by atoms with E-state index >= 15 is 0 Å². The van der Waals surface area contributed by atoms with Crippen molar-refractivity contribution in [2.45, 2.75) is 56.5 Å². The van der Waals surface area contributed by atoms with E-state index in [1.165, 1.54) is 45.0 Å². The first kappa shape index (κ1) is 22.8. The summed E-state index contributed by atoms with van der Waals surface area (Å²) in [5.41, 5.74) is 0.461. The molecule has 3 atom stereocenters. The number of carbonyl (C=O) groups is 1. The van der Waals surface area contributed by atoms with Gasteiger partial charge in [0.1, 0.15) is 0 Å². The van der Waals surface area contributed by atoms with Gasteiger partial charge in [0, 0.05) is 31.7 Å². The third-order valence-corrected chi connectivity index (χ3v) is 6.85. The van der Waals surface area contributed by atoms with Crippen LogP contribution in [0.5, 0.6) is 0 Å². The summed E-state index contributed by atoms with van der Waals surface area (Å²) < 4.78 is 32.1. The molecule has 1 aliphatic rings. The van der Waals surface area contributed by atoms with Gasteiger partial charge in [-0.15, -0.1) is 0 Å². The molecule has 2 rings (SSSR count). The van der Waals surface area contributed by atoms with Crippen LogP contribution < -0.4 is 14.9 Å². The Balaban J connectivity index is 1.81. The molecule has 1 heterocycles. The molecule has 1 unspecified atom stereocenters. The maximum Gasteiger partial charge on any atom is 0.251 e. The standard InChI is InChI=1S/C20H33N3O4S/c1-16(15-27-3)22-28(25,26)19-10-8-18(9-11-19)20(24)21-12-6-14-23-13-5-4-7-17(23)2/h8-11,16-17,22H,4-7,12-15H2,1-3H3,(H,21,24)/p+1/t16-,17-/m0/s1. The molecule has 1 fully saturated rings. The lowest BCUT2D eigenvalue weighted by Gasteiger charge is -2.30. The quantitative estimate of drug-likeness (QED) is 0.491. The number of nitrogens with one attached hydrogen (secondary N) is 3. The maximum absolute atomic E-state index is 12.3. The molecule has 0 saturated carbocycles. The van der Waals surface area contributed by atoms with Gasteiger partial charge in [-0.2, -0.15) is 0 Å². The Hall–Kier alpha value is -1.48. The first-order chi connectivity index (χ1) is 13.3. The second kappa shape index (κ2) is 10.9. The minimum atomic E-state index is -3.63. The smallest absolute Gasteiger partial charge is 0.251 e. The fraction of sp³-hybridized carbons (Fsp3) is 0.650. The van der Waals surface area contributed by atoms with Crippen molar-refractivity contribution in [1.82, 2.24) is 10.0 Å². The fourth-order valence-electron chi connectivity index (χ4n) is 3.65. The van der Waals surface area contributed by atoms with Crippen molar-refractivity contribution in [1.29, 1.82) is 0 Å². The van der Waals surface area contributed by atoms with Crippen molar-refractivity contribution in [3.63, 3.8) is 0 Å². The minimum absolute atomic E-state index is 0.134. The van der Waals surface area contributed by atoms with Crippen LogP contribution in [0.4, 0.5) is 0 Å². The molecule has 1 amide bonds. The Kier molecular flexibility index (Phi) is 8.88. The summed E-state index contributed by atoms with van der Waals surface area (Å²) in [6.07, 6.45) is 4.85. The molecule has 0 radical (unpaired) electrons. The number of amides is 1. The van der Waals surface area contributed by atoms with E-state index in [2.05, 4.69) is 17.0 Å². The van der Waals surface area contributed by atoms with Crippen LogP contribution in [-0.2, 0) is 14.8 Å². The summed E-state index contributed by atoms with van der Waals surface area (Å²) in [7, 11) is -2.11. The predicted molar refractivity (Wildman–Crippen MR) is 109 cm³/mol. The molecule has 7 nitrogen and oxygen atoms in total. The van der Waals surface area contributed by atoms with Crippen LogP contribution in [0.15, 0.2) is 29.2 Å². The molecule has 0 aromatic heterocycles. The highest BCUT2D eigenvalue weighted by Crippen LogP contribution is 2.11. The molecule has 0 bridgehead atoms. The van der Waals surface area contributed by atoms with Gasteiger partial charge in [-0.1, -0.05) is 0 Å². The molecule has 1 saturated heterocycles. The first-order valence-corrected chi connectivity index (χ1v) is 11.6. The SMILES string of the molecule is COC[C@H](C)NS(=O)(=O)c1ccc(C(=O)NCCC[NH+]2CCCC[C@@H]2C)cc1. The third kappa shape index (κ3) is 6.84. The van der Waals surface area contributed by atoms with Crippen LogP contribution in [0.3, 0.4) is 0 Å². The van der Waals surface area contributed by atoms with E-state index in [0.717, 1.165) is 13.0 Å². The molecular weight excluding hydrogens is 378 g/mol. The molecule has 0 spiro atoms. The largest absolute Gasteiger partial charge is 0.383 e. The first-order valence-electron chi connectivity index (χ1n) is 10.1. The lowest BCUT2D eigenvalue weighted by Crippen LogP contribution is -3.16. The van der Waals surface area contributed by atoms with Crippen LogP contribution in [0.25, 0.3) is 0 Å². The average Bonchev–Trinajstić information content (AvgIpc) is 2.66. The van der Waals surface area contributed by atoms with Gasteiger partial charge in [0.05, 0.1) is 30.6 Å². The lowest BCUT2D eigenvalue weighted by molar-refractivity contribution is -0.928. The monoisotopic (exact) mass is 412 g/mol. The molecule has 1 aliphatic heterocycles. The molecule has 1 aromatic rings. The molecule has 0 aliphatic carbocycles. The van der Waals surface area contributed by atoms with E-state index in [-0.39, 0.29) is 23.5 Å². The van der Waals surface area contributed by atoms with Crippen LogP contribution >= 0.6 is 0 Å². The van der Waals surface area contributed by atoms with Crippen LogP contribution in [-0.4, -0.2) is 59.8 Å². The summed E-state index contributed by atoms with van der Waals surface area (Å²) >= 11 is 0. The van der Waals surface area contributed by atoms with E-state index in [0.29, 0.717) is 18.2 Å². The van der Waals surface area contributed by atoms with Crippen molar-refractivity contribution in [2.24, 2.45) is 0 Å². The Morgan fingerprint density at radius 1 is 1.29 bits per heavy atom. The normalized spacial score (nSPS) is 21.2. The van der Waals surface area contributed by atoms with E-state index in [9.17, 15) is 13.2 Å². The zero-order valence-corrected chi connectivity index (χ0v) is 18.0. The number of rotatable bonds is 10. The van der Waals surface area contributed by atoms with Gasteiger partial charge in [-0.3, -0.25) is 4.79 Å². The van der Waals surface area contributed by atoms with E-state index in [1.54, 1.807) is 24.0 Å². The molecule has 158 valence electrons. The predicted octanol–water partition coefficient (Wildman–Crippen LogP) is 0.577. The maximum atomic E-state index is 12.3. The third-order valence-electron chi connectivity index (χ3n) is 5.24. The zero-order chi connectivity index (χ0) is 20.6. The highest BCUT2D eigenvalue weighted by Gasteiger charge is 2.21. The molecule has 28 heavy (non-hydrogen) atoms. The molecule has 1 aromatic carbocycles. The highest BCUT2D eigenvalue weighted by molar-refractivity contribution is 7.89. The Morgan fingerprint density at radius 3 is 2.64 bits per heavy atom. The van der Waals surface area contributed by atoms with Crippen molar-refractivity contribution in [3.05, 3.63) is 29.8 Å². The zero-order valence-electron chi connectivity index (χ0n) is 17.2. The van der Waals surface area contributed by atoms with Crippen LogP contribution in [0, 0.1) is 0 Å². The lowest BCUT2D eigenvalue weighted by atomic mass is 10.0. The number of methoxy groups -OCH3 is 1. The number of carbonyl (C=O) groups excluding carboxylic acids is 1. The number of quaternary nitrogens is 1. The minimum Gasteiger partial charge on any atom is -0.383 e. The Bertz CT molecular complexity index is 721. The average molecular weight is 413 g/mol. The number of piperidine rings is 1. The summed E-state index contributed by atoms with van der Waals surface area (Å²) in [4.78, 5) is 14.0. The molecular formula is C20H34N3O4S+. The number of hydrogen-bond donors (Lipinski definition) is 3. The summed E-state index contributed by atoms with van der Waals surface area (Å²) in [6.45, 7) is 7.25. The topological polar surface area (TPSA) is 88.9 Å². The summed E-state index contributed by atoms with van der Waals surface area (Å²) in [6, 6.07) is 6.38. The number of hydrogen-bond acceptors (Lipinski definition) is 4. The van der Waals surface area contributed by atoms with Crippen molar-refractivity contribution in [3.8, 4) is 0 Å². The van der Waals surface area contributed by atoms with Gasteiger partial charge in [0.25, 0.3) is 5.91 Å². The fourth-order valence-corrected chi connectivity index (χ4v) is 4.87. The van der Waals surface area contributed by atoms with Gasteiger partial charge < -0.3 is 15.0 Å². The molecule has 3 N–H and O–H groups in total. The van der Waals surface area contributed by atoms with Crippen molar-refractivity contribution < 1.29 is 22.8 Å². The van der Waals surface area contributed by atoms with Gasteiger partial charge in [-0.05, 0) is 57.4 Å². The Labute approximate surface area is 168 Å². The van der Waals surface area contributed by atoms with E-state index < -0.39 is 10.0 Å². The van der Waals surface area contributed by atoms with Gasteiger partial charge >= 0.3 is 0 Å². The summed E-state index contributed by atoms with van der Waals surface area (Å²) in [5, 5.41) is 2.93. The number of benzene rings is 1. The number of sulfonamides is 1. The Morgan fingerprint density at radius 2 is 2.00 bits per heavy atom. The summed E-state index contributed by atoms with van der Waals surface area (Å²) in [5.74, 6) is -0.175. The number of likely N-dealkylation sites (tertiary alicyclic amines) is 1. The van der Waals surface area contributed by atoms with Gasteiger partial charge in [0.2, 0.25) is 10.0 Å². The second-order valence-electron chi connectivity index (χ2n) is 7.67. The van der Waals surface area contributed by atoms with Gasteiger partial charge in [0.15, 0.2) is 0 Å². The van der Waals surface area contributed by atoms with Crippen LogP contribution in [0.2, 0.25) is 0 Å². The van der Waals surface area contributed by atoms with Crippen molar-refractivity contribution in [2.75, 3.05) is 33.4 Å². The van der Waals surface area contributed by atoms with Gasteiger partial charge in [-0.25, -0.2) is 13.1 Å². The van der Waals surface area contributed by atoms with E-state index in [1.807, 2.05) is 0 Å². The second-order valence-corrected chi connectivity index (χ2v) is 9.38. The van der Waals surface area contributed by atoms with Crippen molar-refractivity contribution >= 4 is 15.9 Å². The van der Waals surface area contributed by atoms with E-state index in [4.69, 9.17) is 4.74 Å². The molecule has 8 heteroatoms. The highest BCUT2D eigenvalue weighted by atomic mass is 32.2. The number of ether oxygens (including phenoxy) is 1. The van der Waals surface area contributed by atoms with Crippen LogP contribution in [0.1, 0.15) is 49.9 Å².